The highest BCUT2D eigenvalue weighted by Crippen LogP contribution is 2.21. The minimum atomic E-state index is -0.833. The number of hydrogen-bond acceptors (Lipinski definition) is 4. The fourth-order valence-electron chi connectivity index (χ4n) is 2.26. The molecule has 0 saturated carbocycles. The number of aliphatic carboxylic acids is 1. The number of rotatable bonds is 3. The smallest absolute Gasteiger partial charge is 0.300 e. The topological polar surface area (TPSA) is 118 Å². The van der Waals surface area contributed by atoms with E-state index in [-0.39, 0.29) is 29.6 Å². The van der Waals surface area contributed by atoms with E-state index in [1.165, 1.54) is 23.7 Å². The van der Waals surface area contributed by atoms with Gasteiger partial charge in [-0.15, -0.1) is 0 Å². The first kappa shape index (κ1) is 19.0. The highest BCUT2D eigenvalue weighted by molar-refractivity contribution is 6.04. The second-order valence-electron chi connectivity index (χ2n) is 5.46. The highest BCUT2D eigenvalue weighted by atomic mass is 19.1. The zero-order valence-corrected chi connectivity index (χ0v) is 14.1. The van der Waals surface area contributed by atoms with Gasteiger partial charge < -0.3 is 10.8 Å². The first-order valence-electron chi connectivity index (χ1n) is 7.51. The molecule has 0 unspecified atom stereocenters. The van der Waals surface area contributed by atoms with Crippen molar-refractivity contribution in [3.63, 3.8) is 0 Å². The normalized spacial score (nSPS) is 10.3. The molecule has 1 aromatic carbocycles. The largest absolute Gasteiger partial charge is 0.481 e. The third-order valence-corrected chi connectivity index (χ3v) is 3.38. The quantitative estimate of drug-likeness (QED) is 0.489. The summed E-state index contributed by atoms with van der Waals surface area (Å²) in [6, 6.07) is 7.55. The zero-order valence-electron chi connectivity index (χ0n) is 14.1. The number of amidine groups is 1. The van der Waals surface area contributed by atoms with Crippen LogP contribution in [0.25, 0.3) is 11.0 Å². The standard InChI is InChI=1S/C15H13F2N5.C2H4O2/c1-8-12(17)6-10-13(14(18)19)21-22(15(10)20-8)7-9-4-2-3-5-11(9)16;1-2(3)4/h2-6H,7H2,1H3,(H3,18,19);1H3,(H,3,4). The number of carboxylic acids is 1. The number of fused-ring (bicyclic) bond motifs is 1. The van der Waals surface area contributed by atoms with E-state index in [2.05, 4.69) is 10.1 Å². The van der Waals surface area contributed by atoms with Gasteiger partial charge in [-0.25, -0.2) is 18.4 Å². The van der Waals surface area contributed by atoms with Crippen LogP contribution in [0.1, 0.15) is 23.9 Å². The monoisotopic (exact) mass is 361 g/mol. The van der Waals surface area contributed by atoms with Gasteiger partial charge in [0.2, 0.25) is 0 Å². The van der Waals surface area contributed by atoms with Crippen molar-refractivity contribution >= 4 is 22.8 Å². The second kappa shape index (κ2) is 7.68. The third-order valence-electron chi connectivity index (χ3n) is 3.38. The van der Waals surface area contributed by atoms with Gasteiger partial charge in [0.15, 0.2) is 5.65 Å². The summed E-state index contributed by atoms with van der Waals surface area (Å²) >= 11 is 0. The molecule has 2 aromatic heterocycles. The minimum absolute atomic E-state index is 0.120. The van der Waals surface area contributed by atoms with Gasteiger partial charge in [0.25, 0.3) is 5.97 Å². The number of halogens is 2. The molecule has 0 amide bonds. The van der Waals surface area contributed by atoms with Gasteiger partial charge in [0, 0.05) is 12.5 Å². The maximum atomic E-state index is 13.8. The molecule has 0 atom stereocenters. The van der Waals surface area contributed by atoms with Crippen LogP contribution >= 0.6 is 0 Å². The Labute approximate surface area is 147 Å². The Kier molecular flexibility index (Phi) is 5.61. The number of nitrogen functional groups attached to an aromatic ring is 1. The predicted octanol–water partition coefficient (Wildman–Crippen LogP) is 2.44. The van der Waals surface area contributed by atoms with Crippen molar-refractivity contribution in [3.05, 3.63) is 58.9 Å². The van der Waals surface area contributed by atoms with Gasteiger partial charge in [0.1, 0.15) is 23.2 Å². The van der Waals surface area contributed by atoms with Crippen molar-refractivity contribution in [2.75, 3.05) is 0 Å². The fraction of sp³-hybridized carbons (Fsp3) is 0.176. The third kappa shape index (κ3) is 4.18. The Balaban J connectivity index is 0.000000552. The van der Waals surface area contributed by atoms with E-state index >= 15 is 0 Å². The van der Waals surface area contributed by atoms with E-state index in [0.29, 0.717) is 16.6 Å². The van der Waals surface area contributed by atoms with Crippen molar-refractivity contribution in [1.82, 2.24) is 14.8 Å². The van der Waals surface area contributed by atoms with E-state index in [9.17, 15) is 8.78 Å². The van der Waals surface area contributed by atoms with E-state index in [4.69, 9.17) is 21.0 Å². The summed E-state index contributed by atoms with van der Waals surface area (Å²) in [5.41, 5.74) is 6.62. The van der Waals surface area contributed by atoms with Crippen LogP contribution in [0.4, 0.5) is 8.78 Å². The molecule has 136 valence electrons. The van der Waals surface area contributed by atoms with Crippen LogP contribution in [0, 0.1) is 24.0 Å². The van der Waals surface area contributed by atoms with Gasteiger partial charge in [-0.05, 0) is 19.1 Å². The number of pyridine rings is 1. The fourth-order valence-corrected chi connectivity index (χ4v) is 2.26. The molecular weight excluding hydrogens is 344 g/mol. The number of benzene rings is 1. The molecule has 0 saturated heterocycles. The molecule has 0 aliphatic heterocycles. The Bertz CT molecular complexity index is 981. The van der Waals surface area contributed by atoms with Crippen LogP contribution in [-0.2, 0) is 11.3 Å². The molecule has 4 N–H and O–H groups in total. The minimum Gasteiger partial charge on any atom is -0.481 e. The highest BCUT2D eigenvalue weighted by Gasteiger charge is 2.17. The van der Waals surface area contributed by atoms with E-state index < -0.39 is 11.8 Å². The van der Waals surface area contributed by atoms with Gasteiger partial charge in [-0.2, -0.15) is 5.10 Å². The number of nitrogens with two attached hydrogens (primary N) is 1. The number of aromatic nitrogens is 3. The lowest BCUT2D eigenvalue weighted by Crippen LogP contribution is -2.13. The Morgan fingerprint density at radius 2 is 1.92 bits per heavy atom. The van der Waals surface area contributed by atoms with Gasteiger partial charge in [-0.1, -0.05) is 18.2 Å². The number of carbonyl (C=O) groups is 1. The van der Waals surface area contributed by atoms with Crippen LogP contribution in [0.3, 0.4) is 0 Å². The molecule has 0 aliphatic carbocycles. The van der Waals surface area contributed by atoms with Crippen molar-refractivity contribution in [3.8, 4) is 0 Å². The van der Waals surface area contributed by atoms with Crippen LogP contribution in [-0.4, -0.2) is 31.7 Å². The summed E-state index contributed by atoms with van der Waals surface area (Å²) in [4.78, 5) is 13.2. The average molecular weight is 361 g/mol. The summed E-state index contributed by atoms with van der Waals surface area (Å²) in [6.07, 6.45) is 0. The number of aryl methyl sites for hydroxylation is 1. The maximum absolute atomic E-state index is 13.8. The number of hydrogen-bond donors (Lipinski definition) is 3. The Morgan fingerprint density at radius 3 is 2.50 bits per heavy atom. The average Bonchev–Trinajstić information content (AvgIpc) is 2.88. The molecule has 0 bridgehead atoms. The van der Waals surface area contributed by atoms with E-state index in [0.717, 1.165) is 6.92 Å². The first-order valence-corrected chi connectivity index (χ1v) is 7.51. The molecule has 0 fully saturated rings. The molecular formula is C17H17F2N5O2. The molecule has 2 heterocycles. The van der Waals surface area contributed by atoms with Gasteiger partial charge in [-0.3, -0.25) is 10.2 Å². The maximum Gasteiger partial charge on any atom is 0.300 e. The molecule has 0 spiro atoms. The van der Waals surface area contributed by atoms with Crippen molar-refractivity contribution < 1.29 is 18.7 Å². The lowest BCUT2D eigenvalue weighted by molar-refractivity contribution is -0.134. The number of carboxylic acid groups (broad SMARTS) is 1. The first-order chi connectivity index (χ1) is 12.2. The SMILES string of the molecule is CC(=O)O.Cc1nc2c(cc1F)c(C(=N)N)nn2Cc1ccccc1F. The van der Waals surface area contributed by atoms with Crippen LogP contribution in [0.5, 0.6) is 0 Å². The molecule has 3 aromatic rings. The molecule has 3 rings (SSSR count). The van der Waals surface area contributed by atoms with Crippen molar-refractivity contribution in [1.29, 1.82) is 5.41 Å². The lowest BCUT2D eigenvalue weighted by Gasteiger charge is -2.05. The predicted molar refractivity (Wildman–Crippen MR) is 92.1 cm³/mol. The van der Waals surface area contributed by atoms with E-state index in [1.807, 2.05) is 0 Å². The Morgan fingerprint density at radius 1 is 1.31 bits per heavy atom. The summed E-state index contributed by atoms with van der Waals surface area (Å²) < 4.78 is 28.9. The van der Waals surface area contributed by atoms with Crippen LogP contribution < -0.4 is 5.73 Å². The van der Waals surface area contributed by atoms with Crippen molar-refractivity contribution in [2.45, 2.75) is 20.4 Å². The second-order valence-corrected chi connectivity index (χ2v) is 5.46. The number of nitrogens with one attached hydrogen (secondary N) is 1. The summed E-state index contributed by atoms with van der Waals surface area (Å²) in [5, 5.41) is 19.5. The molecule has 0 aliphatic rings. The molecule has 0 radical (unpaired) electrons. The van der Waals surface area contributed by atoms with Gasteiger partial charge >= 0.3 is 0 Å². The summed E-state index contributed by atoms with van der Waals surface area (Å²) in [6.45, 7) is 2.73. The molecule has 7 nitrogen and oxygen atoms in total. The van der Waals surface area contributed by atoms with Crippen LogP contribution in [0.2, 0.25) is 0 Å². The molecule has 9 heteroatoms. The molecule has 26 heavy (non-hydrogen) atoms. The number of nitrogens with zero attached hydrogens (tertiary/aromatic N) is 3. The van der Waals surface area contributed by atoms with Crippen molar-refractivity contribution in [2.24, 2.45) is 5.73 Å². The zero-order chi connectivity index (χ0) is 19.4. The van der Waals surface area contributed by atoms with Crippen LogP contribution in [0.15, 0.2) is 30.3 Å². The van der Waals surface area contributed by atoms with E-state index in [1.54, 1.807) is 18.2 Å². The summed E-state index contributed by atoms with van der Waals surface area (Å²) in [5.74, 6) is -1.99. The lowest BCUT2D eigenvalue weighted by atomic mass is 10.2. The Hall–Kier alpha value is -3.36. The van der Waals surface area contributed by atoms with Gasteiger partial charge in [0.05, 0.1) is 17.6 Å². The summed E-state index contributed by atoms with van der Waals surface area (Å²) in [7, 11) is 0.